The highest BCUT2D eigenvalue weighted by Gasteiger charge is 2.56. The van der Waals surface area contributed by atoms with Gasteiger partial charge in [0.2, 0.25) is 0 Å². The molecule has 2 aliphatic rings. The first-order chi connectivity index (χ1) is 21.5. The molecule has 0 radical (unpaired) electrons. The van der Waals surface area contributed by atoms with Crippen molar-refractivity contribution in [1.29, 1.82) is 0 Å². The Morgan fingerprint density at radius 2 is 1.44 bits per heavy atom. The van der Waals surface area contributed by atoms with Gasteiger partial charge in [-0.1, -0.05) is 118 Å². The molecule has 0 saturated heterocycles. The first-order valence-electron chi connectivity index (χ1n) is 17.1. The van der Waals surface area contributed by atoms with Crippen molar-refractivity contribution in [2.75, 3.05) is 40.9 Å². The highest BCUT2D eigenvalue weighted by Crippen LogP contribution is 2.66. The van der Waals surface area contributed by atoms with Gasteiger partial charge in [-0.15, -0.1) is 0 Å². The number of phosphoric acid groups is 1. The first-order valence-corrected chi connectivity index (χ1v) is 18.6. The summed E-state index contributed by atoms with van der Waals surface area (Å²) in [7, 11) is 1.78. The molecule has 0 aliphatic heterocycles. The van der Waals surface area contributed by atoms with Gasteiger partial charge in [0, 0.05) is 11.3 Å². The van der Waals surface area contributed by atoms with Crippen molar-refractivity contribution < 1.29 is 28.1 Å². The number of benzene rings is 2. The quantitative estimate of drug-likeness (QED) is 0.0896. The zero-order chi connectivity index (χ0) is 32.3. The number of rotatable bonds is 20. The third-order valence-electron chi connectivity index (χ3n) is 9.80. The summed E-state index contributed by atoms with van der Waals surface area (Å²) in [5.74, 6) is 0.196. The van der Waals surface area contributed by atoms with Gasteiger partial charge in [0.25, 0.3) is 7.82 Å². The number of allylic oxidation sites excluding steroid dienone is 3. The number of likely N-dealkylation sites (N-methyl/N-ethyl adjacent to an activating group) is 1. The summed E-state index contributed by atoms with van der Waals surface area (Å²) >= 11 is 0. The Hall–Kier alpha value is -2.05. The molecule has 0 heterocycles. The van der Waals surface area contributed by atoms with Gasteiger partial charge < -0.3 is 23.5 Å². The van der Waals surface area contributed by atoms with E-state index in [1.165, 1.54) is 60.8 Å². The average Bonchev–Trinajstić information content (AvgIpc) is 3.51. The molecule has 0 amide bonds. The second-order valence-corrected chi connectivity index (χ2v) is 15.5. The van der Waals surface area contributed by atoms with E-state index in [1.54, 1.807) is 0 Å². The average molecular weight is 638 g/mol. The fourth-order valence-electron chi connectivity index (χ4n) is 7.43. The van der Waals surface area contributed by atoms with Gasteiger partial charge in [0.15, 0.2) is 0 Å². The Morgan fingerprint density at radius 1 is 0.889 bits per heavy atom. The van der Waals surface area contributed by atoms with Crippen LogP contribution in [0.25, 0.3) is 11.1 Å². The van der Waals surface area contributed by atoms with E-state index in [9.17, 15) is 14.6 Å². The van der Waals surface area contributed by atoms with Crippen LogP contribution in [0.1, 0.15) is 94.6 Å². The van der Waals surface area contributed by atoms with Crippen molar-refractivity contribution >= 4 is 19.0 Å². The number of hydrogen-bond donors (Lipinski definition) is 1. The predicted molar refractivity (Wildman–Crippen MR) is 183 cm³/mol. The van der Waals surface area contributed by atoms with Crippen LogP contribution in [0.2, 0.25) is 0 Å². The number of nitrogens with zero attached hydrogens (tertiary/aromatic N) is 1. The number of phosphoric ester groups is 1. The van der Waals surface area contributed by atoms with Gasteiger partial charge in [-0.25, -0.2) is 0 Å². The molecule has 1 saturated carbocycles. The van der Waals surface area contributed by atoms with E-state index in [-0.39, 0.29) is 30.7 Å². The van der Waals surface area contributed by atoms with Crippen molar-refractivity contribution in [3.8, 4) is 0 Å². The summed E-state index contributed by atoms with van der Waals surface area (Å²) in [6, 6.07) is 21.4. The minimum Gasteiger partial charge on any atom is -0.756 e. The van der Waals surface area contributed by atoms with Crippen LogP contribution in [0, 0.1) is 11.3 Å². The molecule has 1 fully saturated rings. The van der Waals surface area contributed by atoms with Crippen LogP contribution in [0.5, 0.6) is 0 Å². The topological polar surface area (TPSA) is 78.8 Å². The van der Waals surface area contributed by atoms with E-state index in [4.69, 9.17) is 15.6 Å². The van der Waals surface area contributed by atoms with Gasteiger partial charge in [0.1, 0.15) is 13.2 Å². The Bertz CT molecular complexity index is 1290. The number of unbranched alkanes of at least 4 members (excludes halogenated alkanes) is 8. The minimum atomic E-state index is -4.20. The predicted octanol–water partition coefficient (Wildman–Crippen LogP) is 8.42. The van der Waals surface area contributed by atoms with Gasteiger partial charge in [0.05, 0.1) is 33.9 Å². The number of fused-ring (bicyclic) bond motifs is 1. The molecule has 7 heteroatoms. The van der Waals surface area contributed by atoms with Gasteiger partial charge in [-0.05, 0) is 60.8 Å². The summed E-state index contributed by atoms with van der Waals surface area (Å²) in [4.78, 5) is 11.9. The van der Waals surface area contributed by atoms with Crippen molar-refractivity contribution in [1.82, 2.24) is 0 Å². The maximum Gasteiger partial charge on any atom is 0.268 e. The van der Waals surface area contributed by atoms with Crippen LogP contribution in [0.15, 0.2) is 72.8 Å². The lowest BCUT2D eigenvalue weighted by Gasteiger charge is -2.37. The molecule has 0 bridgehead atoms. The Morgan fingerprint density at radius 3 is 2.07 bits per heavy atom. The van der Waals surface area contributed by atoms with E-state index in [2.05, 4.69) is 60.7 Å². The highest BCUT2D eigenvalue weighted by atomic mass is 31.2. The molecule has 2 aromatic carbocycles. The molecule has 0 spiro atoms. The molecule has 248 valence electrons. The highest BCUT2D eigenvalue weighted by molar-refractivity contribution is 7.45. The van der Waals surface area contributed by atoms with E-state index in [0.717, 1.165) is 50.5 Å². The maximum absolute atomic E-state index is 11.9. The van der Waals surface area contributed by atoms with Crippen LogP contribution in [0.3, 0.4) is 0 Å². The fourth-order valence-corrected chi connectivity index (χ4v) is 8.16. The van der Waals surface area contributed by atoms with Gasteiger partial charge >= 0.3 is 0 Å². The SMILES string of the molecule is C=C(c1ccccc1)[C@@]12CC[C@@H](O)[C@@H]1CC(CCCCCCCCCCCOP(=O)([O-])OCC[N+](C)(C)C)=C2c1ccccc1. The number of quaternary nitrogens is 1. The Labute approximate surface area is 272 Å². The summed E-state index contributed by atoms with van der Waals surface area (Å²) in [6.07, 6.45) is 13.6. The molecule has 1 unspecified atom stereocenters. The number of aliphatic hydroxyl groups excluding tert-OH is 1. The lowest BCUT2D eigenvalue weighted by atomic mass is 9.66. The van der Waals surface area contributed by atoms with Gasteiger partial charge in [-0.3, -0.25) is 4.57 Å². The molecule has 2 aliphatic carbocycles. The van der Waals surface area contributed by atoms with Crippen molar-refractivity contribution in [2.45, 2.75) is 89.6 Å². The molecule has 4 rings (SSSR count). The number of aliphatic hydroxyl groups is 1. The van der Waals surface area contributed by atoms with E-state index in [0.29, 0.717) is 11.0 Å². The van der Waals surface area contributed by atoms with Crippen LogP contribution in [0.4, 0.5) is 0 Å². The Kier molecular flexibility index (Phi) is 13.3. The van der Waals surface area contributed by atoms with Crippen molar-refractivity contribution in [3.63, 3.8) is 0 Å². The second kappa shape index (κ2) is 16.7. The van der Waals surface area contributed by atoms with E-state index in [1.807, 2.05) is 21.1 Å². The van der Waals surface area contributed by atoms with Crippen LogP contribution in [-0.4, -0.2) is 56.6 Å². The normalized spacial score (nSPS) is 22.9. The standard InChI is InChI=1S/C38H56NO5P/c1-31(32-20-15-12-16-21-32)38-26-25-36(40)35(38)30-34(37(38)33-22-17-13-18-23-33)24-14-10-8-6-5-7-9-11-19-28-43-45(41,42)44-29-27-39(2,3)4/h12-13,15-18,20-23,35-36,40H,1,5-11,14,19,24-30H2,2-4H3/t35-,36+,38-/m0/s1. The molecule has 45 heavy (non-hydrogen) atoms. The monoisotopic (exact) mass is 637 g/mol. The zero-order valence-corrected chi connectivity index (χ0v) is 28.8. The van der Waals surface area contributed by atoms with Crippen LogP contribution < -0.4 is 4.89 Å². The second-order valence-electron chi connectivity index (χ2n) is 14.1. The van der Waals surface area contributed by atoms with Crippen LogP contribution in [-0.2, 0) is 13.6 Å². The molecular formula is C38H56NO5P. The lowest BCUT2D eigenvalue weighted by Crippen LogP contribution is -2.37. The molecule has 6 nitrogen and oxygen atoms in total. The Balaban J connectivity index is 1.20. The van der Waals surface area contributed by atoms with Gasteiger partial charge in [-0.2, -0.15) is 0 Å². The molecule has 1 N–H and O–H groups in total. The number of hydrogen-bond acceptors (Lipinski definition) is 5. The maximum atomic E-state index is 11.9. The third kappa shape index (κ3) is 9.97. The molecule has 4 atom stereocenters. The zero-order valence-electron chi connectivity index (χ0n) is 27.9. The molecule has 2 aromatic rings. The molecule has 0 aromatic heterocycles. The summed E-state index contributed by atoms with van der Waals surface area (Å²) in [5, 5.41) is 11.2. The molecular weight excluding hydrogens is 581 g/mol. The largest absolute Gasteiger partial charge is 0.756 e. The summed E-state index contributed by atoms with van der Waals surface area (Å²) < 4.78 is 22.5. The van der Waals surface area contributed by atoms with Crippen LogP contribution >= 0.6 is 7.82 Å². The summed E-state index contributed by atoms with van der Waals surface area (Å²) in [6.45, 7) is 5.64. The van der Waals surface area contributed by atoms with E-state index >= 15 is 0 Å². The smallest absolute Gasteiger partial charge is 0.268 e. The fraction of sp³-hybridized carbons (Fsp3) is 0.579. The van der Waals surface area contributed by atoms with E-state index < -0.39 is 7.82 Å². The minimum absolute atomic E-state index is 0.143. The lowest BCUT2D eigenvalue weighted by molar-refractivity contribution is -0.870. The first kappa shape index (κ1) is 35.8. The van der Waals surface area contributed by atoms with Crippen molar-refractivity contribution in [2.24, 2.45) is 11.3 Å². The third-order valence-corrected chi connectivity index (χ3v) is 10.8. The van der Waals surface area contributed by atoms with Crippen molar-refractivity contribution in [3.05, 3.63) is 83.9 Å². The summed E-state index contributed by atoms with van der Waals surface area (Å²) in [5.41, 5.74) is 6.39.